The number of hydrogen-bond donors (Lipinski definition) is 1. The van der Waals surface area contributed by atoms with E-state index in [1.54, 1.807) is 0 Å². The first kappa shape index (κ1) is 7.03. The smallest absolute Gasteiger partial charge is 0.0591 e. The minimum atomic E-state index is 0.743. The van der Waals surface area contributed by atoms with Crippen molar-refractivity contribution in [1.29, 1.82) is 0 Å². The molecule has 1 fully saturated rings. The first-order valence-corrected chi connectivity index (χ1v) is 3.72. The van der Waals surface area contributed by atoms with E-state index in [1.807, 2.05) is 0 Å². The SMILES string of the molecule is CC[C@@H]1CNCCOC1. The van der Waals surface area contributed by atoms with Crippen molar-refractivity contribution in [3.63, 3.8) is 0 Å². The molecule has 1 heterocycles. The van der Waals surface area contributed by atoms with Crippen LogP contribution < -0.4 is 5.32 Å². The summed E-state index contributed by atoms with van der Waals surface area (Å²) in [5.41, 5.74) is 0. The molecule has 0 aromatic rings. The molecule has 0 aromatic heterocycles. The topological polar surface area (TPSA) is 21.3 Å². The molecule has 2 heteroatoms. The summed E-state index contributed by atoms with van der Waals surface area (Å²) in [5, 5.41) is 3.32. The van der Waals surface area contributed by atoms with Crippen LogP contribution in [0.5, 0.6) is 0 Å². The molecule has 0 aliphatic carbocycles. The third kappa shape index (κ3) is 2.33. The van der Waals surface area contributed by atoms with Crippen molar-refractivity contribution < 1.29 is 4.74 Å². The van der Waals surface area contributed by atoms with Gasteiger partial charge in [0.25, 0.3) is 0 Å². The van der Waals surface area contributed by atoms with Gasteiger partial charge in [0.1, 0.15) is 0 Å². The van der Waals surface area contributed by atoms with Crippen LogP contribution in [-0.2, 0) is 4.74 Å². The van der Waals surface area contributed by atoms with Crippen molar-refractivity contribution in [1.82, 2.24) is 5.32 Å². The van der Waals surface area contributed by atoms with Gasteiger partial charge in [-0.1, -0.05) is 6.92 Å². The summed E-state index contributed by atoms with van der Waals surface area (Å²) < 4.78 is 5.34. The zero-order valence-corrected chi connectivity index (χ0v) is 6.02. The fraction of sp³-hybridized carbons (Fsp3) is 1.00. The Morgan fingerprint density at radius 1 is 1.67 bits per heavy atom. The van der Waals surface area contributed by atoms with E-state index in [9.17, 15) is 0 Å². The summed E-state index contributed by atoms with van der Waals surface area (Å²) in [5.74, 6) is 0.743. The molecule has 0 radical (unpaired) electrons. The quantitative estimate of drug-likeness (QED) is 0.560. The Morgan fingerprint density at radius 3 is 3.33 bits per heavy atom. The monoisotopic (exact) mass is 129 g/mol. The molecule has 1 aliphatic heterocycles. The Bertz CT molecular complexity index is 67.3. The molecule has 1 N–H and O–H groups in total. The predicted molar refractivity (Wildman–Crippen MR) is 37.5 cm³/mol. The lowest BCUT2D eigenvalue weighted by Gasteiger charge is -2.08. The second kappa shape index (κ2) is 3.85. The van der Waals surface area contributed by atoms with Gasteiger partial charge in [-0.2, -0.15) is 0 Å². The van der Waals surface area contributed by atoms with E-state index < -0.39 is 0 Å². The average Bonchev–Trinajstić information content (AvgIpc) is 2.13. The van der Waals surface area contributed by atoms with E-state index in [4.69, 9.17) is 4.74 Å². The van der Waals surface area contributed by atoms with Crippen LogP contribution in [0, 0.1) is 5.92 Å². The number of ether oxygens (including phenoxy) is 1. The molecule has 2 nitrogen and oxygen atoms in total. The lowest BCUT2D eigenvalue weighted by Crippen LogP contribution is -2.22. The van der Waals surface area contributed by atoms with E-state index in [0.717, 1.165) is 32.2 Å². The summed E-state index contributed by atoms with van der Waals surface area (Å²) in [7, 11) is 0. The zero-order chi connectivity index (χ0) is 6.53. The van der Waals surface area contributed by atoms with Crippen LogP contribution in [-0.4, -0.2) is 26.3 Å². The molecule has 0 spiro atoms. The lowest BCUT2D eigenvalue weighted by molar-refractivity contribution is 0.122. The maximum atomic E-state index is 5.34. The maximum absolute atomic E-state index is 5.34. The zero-order valence-electron chi connectivity index (χ0n) is 6.02. The molecule has 1 saturated heterocycles. The van der Waals surface area contributed by atoms with Gasteiger partial charge in [0.2, 0.25) is 0 Å². The Morgan fingerprint density at radius 2 is 2.56 bits per heavy atom. The molecule has 1 aliphatic rings. The minimum Gasteiger partial charge on any atom is -0.380 e. The molecular formula is C7H15NO. The molecule has 9 heavy (non-hydrogen) atoms. The van der Waals surface area contributed by atoms with Crippen LogP contribution in [0.1, 0.15) is 13.3 Å². The Hall–Kier alpha value is -0.0800. The summed E-state index contributed by atoms with van der Waals surface area (Å²) in [6.07, 6.45) is 1.23. The van der Waals surface area contributed by atoms with Gasteiger partial charge in [0.05, 0.1) is 13.2 Å². The van der Waals surface area contributed by atoms with Crippen molar-refractivity contribution >= 4 is 0 Å². The normalized spacial score (nSPS) is 29.7. The molecule has 0 saturated carbocycles. The lowest BCUT2D eigenvalue weighted by atomic mass is 10.1. The van der Waals surface area contributed by atoms with Crippen molar-refractivity contribution in [3.8, 4) is 0 Å². The van der Waals surface area contributed by atoms with Crippen molar-refractivity contribution in [3.05, 3.63) is 0 Å². The van der Waals surface area contributed by atoms with Gasteiger partial charge in [0.15, 0.2) is 0 Å². The predicted octanol–water partition coefficient (Wildman–Crippen LogP) is 0.632. The van der Waals surface area contributed by atoms with E-state index in [-0.39, 0.29) is 0 Å². The van der Waals surface area contributed by atoms with Gasteiger partial charge in [-0.3, -0.25) is 0 Å². The summed E-state index contributed by atoms with van der Waals surface area (Å²) in [6, 6.07) is 0. The van der Waals surface area contributed by atoms with Gasteiger partial charge < -0.3 is 10.1 Å². The summed E-state index contributed by atoms with van der Waals surface area (Å²) >= 11 is 0. The van der Waals surface area contributed by atoms with Crippen LogP contribution in [0.4, 0.5) is 0 Å². The third-order valence-electron chi connectivity index (χ3n) is 1.79. The highest BCUT2D eigenvalue weighted by Crippen LogP contribution is 2.02. The largest absolute Gasteiger partial charge is 0.380 e. The number of rotatable bonds is 1. The Labute approximate surface area is 56.6 Å². The molecule has 0 aromatic carbocycles. The summed E-state index contributed by atoms with van der Waals surface area (Å²) in [4.78, 5) is 0. The fourth-order valence-electron chi connectivity index (χ4n) is 1.02. The van der Waals surface area contributed by atoms with Crippen LogP contribution in [0.2, 0.25) is 0 Å². The molecule has 0 amide bonds. The second-order valence-corrected chi connectivity index (χ2v) is 2.55. The van der Waals surface area contributed by atoms with Crippen molar-refractivity contribution in [2.75, 3.05) is 26.3 Å². The number of hydrogen-bond acceptors (Lipinski definition) is 2. The van der Waals surface area contributed by atoms with Crippen LogP contribution in [0.3, 0.4) is 0 Å². The maximum Gasteiger partial charge on any atom is 0.0591 e. The van der Waals surface area contributed by atoms with Crippen LogP contribution in [0.15, 0.2) is 0 Å². The average molecular weight is 129 g/mol. The van der Waals surface area contributed by atoms with E-state index in [1.165, 1.54) is 6.42 Å². The fourth-order valence-corrected chi connectivity index (χ4v) is 1.02. The molecule has 0 unspecified atom stereocenters. The molecule has 54 valence electrons. The third-order valence-corrected chi connectivity index (χ3v) is 1.79. The molecule has 1 atom stereocenters. The van der Waals surface area contributed by atoms with Crippen LogP contribution >= 0.6 is 0 Å². The Kier molecular flexibility index (Phi) is 3.01. The van der Waals surface area contributed by atoms with Gasteiger partial charge in [-0.05, 0) is 12.3 Å². The van der Waals surface area contributed by atoms with E-state index in [2.05, 4.69) is 12.2 Å². The van der Waals surface area contributed by atoms with Crippen molar-refractivity contribution in [2.24, 2.45) is 5.92 Å². The summed E-state index contributed by atoms with van der Waals surface area (Å²) in [6.45, 7) is 6.20. The molecule has 0 bridgehead atoms. The highest BCUT2D eigenvalue weighted by atomic mass is 16.5. The van der Waals surface area contributed by atoms with E-state index >= 15 is 0 Å². The minimum absolute atomic E-state index is 0.743. The Balaban J connectivity index is 2.18. The highest BCUT2D eigenvalue weighted by molar-refractivity contribution is 4.62. The van der Waals surface area contributed by atoms with Gasteiger partial charge in [-0.25, -0.2) is 0 Å². The standard InChI is InChI=1S/C7H15NO/c1-2-7-5-8-3-4-9-6-7/h7-8H,2-6H2,1H3/t7-/m1/s1. The number of nitrogens with one attached hydrogen (secondary N) is 1. The van der Waals surface area contributed by atoms with Crippen molar-refractivity contribution in [2.45, 2.75) is 13.3 Å². The first-order valence-electron chi connectivity index (χ1n) is 3.72. The second-order valence-electron chi connectivity index (χ2n) is 2.55. The van der Waals surface area contributed by atoms with E-state index in [0.29, 0.717) is 0 Å². The first-order chi connectivity index (χ1) is 4.43. The highest BCUT2D eigenvalue weighted by Gasteiger charge is 2.08. The molecule has 1 rings (SSSR count). The van der Waals surface area contributed by atoms with Crippen LogP contribution in [0.25, 0.3) is 0 Å². The van der Waals surface area contributed by atoms with Gasteiger partial charge in [-0.15, -0.1) is 0 Å². The van der Waals surface area contributed by atoms with Gasteiger partial charge >= 0.3 is 0 Å². The molecular weight excluding hydrogens is 114 g/mol. The van der Waals surface area contributed by atoms with Gasteiger partial charge in [0, 0.05) is 13.1 Å².